The second-order valence-corrected chi connectivity index (χ2v) is 9.49. The fraction of sp³-hybridized carbons (Fsp3) is 0.692. The lowest BCUT2D eigenvalue weighted by Crippen LogP contribution is -2.41. The van der Waals surface area contributed by atoms with Gasteiger partial charge in [0, 0.05) is 32.7 Å². The van der Waals surface area contributed by atoms with Crippen LogP contribution in [0.4, 0.5) is 0 Å². The third-order valence-corrected chi connectivity index (χ3v) is 6.91. The Balaban J connectivity index is 0.00000385. The zero-order chi connectivity index (χ0) is 22.8. The van der Waals surface area contributed by atoms with Gasteiger partial charge in [0.05, 0.1) is 12.6 Å². The summed E-state index contributed by atoms with van der Waals surface area (Å²) in [4.78, 5) is 11.3. The van der Waals surface area contributed by atoms with Crippen LogP contribution in [0.5, 0.6) is 0 Å². The molecule has 7 heteroatoms. The SMILES string of the molecule is CCCCCCCN1C(N)=NC[C@@H]1CCCCN1CCN(CCc2cccc(C)c2)C1=N.S. The van der Waals surface area contributed by atoms with Crippen molar-refractivity contribution in [1.29, 1.82) is 5.41 Å². The molecule has 1 fully saturated rings. The first-order chi connectivity index (χ1) is 15.6. The lowest BCUT2D eigenvalue weighted by atomic mass is 10.1. The van der Waals surface area contributed by atoms with Crippen LogP contribution in [-0.4, -0.2) is 71.9 Å². The van der Waals surface area contributed by atoms with Crippen molar-refractivity contribution in [1.82, 2.24) is 14.7 Å². The largest absolute Gasteiger partial charge is 0.370 e. The Morgan fingerprint density at radius 2 is 1.73 bits per heavy atom. The Bertz CT molecular complexity index is 752. The molecule has 0 bridgehead atoms. The van der Waals surface area contributed by atoms with E-state index in [1.54, 1.807) is 0 Å². The lowest BCUT2D eigenvalue weighted by Gasteiger charge is -2.27. The predicted octanol–water partition coefficient (Wildman–Crippen LogP) is 4.34. The van der Waals surface area contributed by atoms with Gasteiger partial charge in [-0.25, -0.2) is 0 Å². The van der Waals surface area contributed by atoms with Crippen LogP contribution in [0.3, 0.4) is 0 Å². The summed E-state index contributed by atoms with van der Waals surface area (Å²) in [6.45, 7) is 10.2. The normalized spacial score (nSPS) is 18.1. The van der Waals surface area contributed by atoms with E-state index in [0.717, 1.165) is 64.5 Å². The van der Waals surface area contributed by atoms with Gasteiger partial charge < -0.3 is 20.4 Å². The maximum absolute atomic E-state index is 8.56. The Kier molecular flexibility index (Phi) is 11.9. The maximum Gasteiger partial charge on any atom is 0.193 e. The van der Waals surface area contributed by atoms with Crippen LogP contribution < -0.4 is 5.73 Å². The summed E-state index contributed by atoms with van der Waals surface area (Å²) >= 11 is 0. The number of aliphatic imine (C=N–C) groups is 1. The highest BCUT2D eigenvalue weighted by atomic mass is 32.1. The van der Waals surface area contributed by atoms with Gasteiger partial charge in [-0.3, -0.25) is 10.4 Å². The average Bonchev–Trinajstić information content (AvgIpc) is 3.31. The minimum absolute atomic E-state index is 0. The van der Waals surface area contributed by atoms with Crippen molar-refractivity contribution in [2.24, 2.45) is 10.7 Å². The highest BCUT2D eigenvalue weighted by Crippen LogP contribution is 2.18. The molecule has 0 saturated carbocycles. The third kappa shape index (κ3) is 8.43. The standard InChI is InChI=1S/C26H44N6.H2S/c1-3-4-5-6-8-16-32-24(21-29-25(32)27)13-7-9-15-30-18-19-31(26(30)28)17-14-23-12-10-11-22(2)20-23;/h10-12,20,24,28H,3-9,13-19,21H2,1-2H3,(H2,27,29);1H2/t24-;/m0./s1. The number of aryl methyl sites for hydroxylation is 1. The summed E-state index contributed by atoms with van der Waals surface area (Å²) < 4.78 is 0. The number of unbranched alkanes of at least 4 members (excludes halogenated alkanes) is 5. The molecule has 2 aliphatic heterocycles. The lowest BCUT2D eigenvalue weighted by molar-refractivity contribution is 0.304. The minimum atomic E-state index is 0. The fourth-order valence-corrected chi connectivity index (χ4v) is 4.91. The summed E-state index contributed by atoms with van der Waals surface area (Å²) in [5, 5.41) is 8.56. The number of rotatable bonds is 14. The van der Waals surface area contributed by atoms with Gasteiger partial charge in [-0.05, 0) is 44.6 Å². The second kappa shape index (κ2) is 14.4. The van der Waals surface area contributed by atoms with Crippen LogP contribution in [0.1, 0.15) is 69.4 Å². The van der Waals surface area contributed by atoms with Crippen LogP contribution in [0.25, 0.3) is 0 Å². The van der Waals surface area contributed by atoms with Gasteiger partial charge in [-0.2, -0.15) is 13.5 Å². The van der Waals surface area contributed by atoms with E-state index in [9.17, 15) is 0 Å². The monoisotopic (exact) mass is 474 g/mol. The molecule has 1 saturated heterocycles. The van der Waals surface area contributed by atoms with Crippen LogP contribution in [0.15, 0.2) is 29.3 Å². The van der Waals surface area contributed by atoms with Crippen LogP contribution in [0.2, 0.25) is 0 Å². The number of benzene rings is 1. The molecule has 6 nitrogen and oxygen atoms in total. The molecule has 1 aromatic rings. The molecule has 0 amide bonds. The molecule has 33 heavy (non-hydrogen) atoms. The maximum atomic E-state index is 8.56. The van der Waals surface area contributed by atoms with E-state index < -0.39 is 0 Å². The quantitative estimate of drug-likeness (QED) is 0.393. The molecular formula is C26H46N6S. The molecule has 186 valence electrons. The smallest absolute Gasteiger partial charge is 0.193 e. The number of hydrogen-bond donors (Lipinski definition) is 2. The number of nitrogens with zero attached hydrogens (tertiary/aromatic N) is 4. The van der Waals surface area contributed by atoms with E-state index in [-0.39, 0.29) is 13.5 Å². The van der Waals surface area contributed by atoms with Gasteiger partial charge in [0.25, 0.3) is 0 Å². The number of guanidine groups is 2. The zero-order valence-electron chi connectivity index (χ0n) is 20.9. The molecule has 0 spiro atoms. The Morgan fingerprint density at radius 1 is 1.00 bits per heavy atom. The van der Waals surface area contributed by atoms with E-state index >= 15 is 0 Å². The highest BCUT2D eigenvalue weighted by molar-refractivity contribution is 7.59. The van der Waals surface area contributed by atoms with E-state index in [4.69, 9.17) is 11.1 Å². The number of hydrogen-bond acceptors (Lipinski definition) is 4. The molecule has 0 radical (unpaired) electrons. The predicted molar refractivity (Wildman–Crippen MR) is 146 cm³/mol. The van der Waals surface area contributed by atoms with Crippen molar-refractivity contribution >= 4 is 25.4 Å². The summed E-state index contributed by atoms with van der Waals surface area (Å²) in [5.74, 6) is 1.45. The first kappa shape index (κ1) is 27.4. The molecule has 0 unspecified atom stereocenters. The second-order valence-electron chi connectivity index (χ2n) is 9.49. The minimum Gasteiger partial charge on any atom is -0.370 e. The van der Waals surface area contributed by atoms with E-state index in [2.05, 4.69) is 57.8 Å². The molecule has 3 N–H and O–H groups in total. The van der Waals surface area contributed by atoms with Crippen molar-refractivity contribution in [3.05, 3.63) is 35.4 Å². The van der Waals surface area contributed by atoms with Crippen LogP contribution in [-0.2, 0) is 6.42 Å². The zero-order valence-corrected chi connectivity index (χ0v) is 21.9. The van der Waals surface area contributed by atoms with Crippen LogP contribution >= 0.6 is 13.5 Å². The molecule has 2 aliphatic rings. The Hall–Kier alpha value is -1.89. The topological polar surface area (TPSA) is 72.0 Å². The number of nitrogens with one attached hydrogen (secondary N) is 1. The molecule has 2 heterocycles. The summed E-state index contributed by atoms with van der Waals surface area (Å²) in [6.07, 6.45) is 10.9. The first-order valence-electron chi connectivity index (χ1n) is 12.8. The molecule has 0 aromatic heterocycles. The third-order valence-electron chi connectivity index (χ3n) is 6.91. The van der Waals surface area contributed by atoms with Gasteiger partial charge in [-0.1, -0.05) is 62.4 Å². The van der Waals surface area contributed by atoms with E-state index in [1.165, 1.54) is 49.7 Å². The van der Waals surface area contributed by atoms with Gasteiger partial charge in [0.15, 0.2) is 11.9 Å². The van der Waals surface area contributed by atoms with Crippen molar-refractivity contribution < 1.29 is 0 Å². The van der Waals surface area contributed by atoms with Gasteiger partial charge in [-0.15, -0.1) is 0 Å². The Morgan fingerprint density at radius 3 is 2.48 bits per heavy atom. The summed E-state index contributed by atoms with van der Waals surface area (Å²) in [7, 11) is 0. The first-order valence-corrected chi connectivity index (χ1v) is 12.8. The number of nitrogens with two attached hydrogens (primary N) is 1. The van der Waals surface area contributed by atoms with Gasteiger partial charge in [0.2, 0.25) is 0 Å². The van der Waals surface area contributed by atoms with Gasteiger partial charge in [0.1, 0.15) is 0 Å². The molecule has 0 aliphatic carbocycles. The van der Waals surface area contributed by atoms with Gasteiger partial charge >= 0.3 is 0 Å². The molecular weight excluding hydrogens is 428 g/mol. The Labute approximate surface area is 208 Å². The molecule has 1 aromatic carbocycles. The highest BCUT2D eigenvalue weighted by Gasteiger charge is 2.26. The van der Waals surface area contributed by atoms with Crippen molar-refractivity contribution in [3.63, 3.8) is 0 Å². The molecule has 3 rings (SSSR count). The van der Waals surface area contributed by atoms with Crippen molar-refractivity contribution in [2.75, 3.05) is 39.3 Å². The summed E-state index contributed by atoms with van der Waals surface area (Å²) in [6, 6.07) is 9.19. The van der Waals surface area contributed by atoms with Crippen molar-refractivity contribution in [3.8, 4) is 0 Å². The van der Waals surface area contributed by atoms with Crippen molar-refractivity contribution in [2.45, 2.75) is 77.7 Å². The van der Waals surface area contributed by atoms with E-state index in [0.29, 0.717) is 12.0 Å². The van der Waals surface area contributed by atoms with Crippen LogP contribution in [0, 0.1) is 12.3 Å². The average molecular weight is 475 g/mol. The van der Waals surface area contributed by atoms with E-state index in [1.807, 2.05) is 0 Å². The molecule has 1 atom stereocenters. The fourth-order valence-electron chi connectivity index (χ4n) is 4.91. The summed E-state index contributed by atoms with van der Waals surface area (Å²) in [5.41, 5.74) is 8.84.